The Labute approximate surface area is 159 Å². The Morgan fingerprint density at radius 1 is 1.19 bits per heavy atom. The Bertz CT molecular complexity index is 824. The predicted molar refractivity (Wildman–Crippen MR) is 105 cm³/mol. The summed E-state index contributed by atoms with van der Waals surface area (Å²) in [5.74, 6) is 0.612. The van der Waals surface area contributed by atoms with Crippen molar-refractivity contribution in [2.24, 2.45) is 7.05 Å². The standard InChI is InChI=1S/C21H27N3O3/c1-16-14-19(15-20(25)23(16)2)27-18-9-12-24(13-10-18)21(26)22-11-8-17-6-4-3-5-7-17/h3-7,14-15,18H,8-13H2,1-2H3,(H,22,26). The fourth-order valence-corrected chi connectivity index (χ4v) is 3.24. The molecule has 1 aromatic carbocycles. The second-order valence-electron chi connectivity index (χ2n) is 7.00. The first-order valence-electron chi connectivity index (χ1n) is 9.44. The van der Waals surface area contributed by atoms with Crippen LogP contribution in [0.4, 0.5) is 4.79 Å². The van der Waals surface area contributed by atoms with E-state index >= 15 is 0 Å². The summed E-state index contributed by atoms with van der Waals surface area (Å²) in [5, 5.41) is 2.99. The largest absolute Gasteiger partial charge is 0.490 e. The number of benzene rings is 1. The zero-order valence-corrected chi connectivity index (χ0v) is 16.0. The Balaban J connectivity index is 1.43. The van der Waals surface area contributed by atoms with Crippen molar-refractivity contribution >= 4 is 6.03 Å². The lowest BCUT2D eigenvalue weighted by Gasteiger charge is -2.32. The molecule has 0 aliphatic carbocycles. The van der Waals surface area contributed by atoms with Gasteiger partial charge in [0.2, 0.25) is 0 Å². The molecule has 0 atom stereocenters. The van der Waals surface area contributed by atoms with E-state index in [0.29, 0.717) is 25.4 Å². The van der Waals surface area contributed by atoms with Crippen LogP contribution in [0.15, 0.2) is 47.3 Å². The molecule has 0 spiro atoms. The summed E-state index contributed by atoms with van der Waals surface area (Å²) in [5.41, 5.74) is 2.02. The van der Waals surface area contributed by atoms with E-state index in [4.69, 9.17) is 4.74 Å². The normalized spacial score (nSPS) is 14.8. The Morgan fingerprint density at radius 3 is 2.56 bits per heavy atom. The van der Waals surface area contributed by atoms with Gasteiger partial charge in [0.05, 0.1) is 0 Å². The number of pyridine rings is 1. The molecule has 0 saturated carbocycles. The van der Waals surface area contributed by atoms with Gasteiger partial charge in [-0.05, 0) is 25.0 Å². The molecule has 1 fully saturated rings. The maximum Gasteiger partial charge on any atom is 0.317 e. The van der Waals surface area contributed by atoms with Crippen molar-refractivity contribution in [2.75, 3.05) is 19.6 Å². The molecule has 27 heavy (non-hydrogen) atoms. The fraction of sp³-hybridized carbons (Fsp3) is 0.429. The third-order valence-corrected chi connectivity index (χ3v) is 5.04. The van der Waals surface area contributed by atoms with Crippen LogP contribution in [0.5, 0.6) is 5.75 Å². The van der Waals surface area contributed by atoms with E-state index in [2.05, 4.69) is 17.4 Å². The number of nitrogens with one attached hydrogen (secondary N) is 1. The summed E-state index contributed by atoms with van der Waals surface area (Å²) in [6.07, 6.45) is 2.39. The monoisotopic (exact) mass is 369 g/mol. The van der Waals surface area contributed by atoms with E-state index in [0.717, 1.165) is 25.0 Å². The van der Waals surface area contributed by atoms with Gasteiger partial charge in [0.15, 0.2) is 0 Å². The van der Waals surface area contributed by atoms with Crippen LogP contribution in [0.25, 0.3) is 0 Å². The van der Waals surface area contributed by atoms with E-state index in [1.807, 2.05) is 36.1 Å². The summed E-state index contributed by atoms with van der Waals surface area (Å²) >= 11 is 0. The van der Waals surface area contributed by atoms with Crippen LogP contribution in [0.2, 0.25) is 0 Å². The highest BCUT2D eigenvalue weighted by molar-refractivity contribution is 5.74. The minimum Gasteiger partial charge on any atom is -0.490 e. The van der Waals surface area contributed by atoms with Gasteiger partial charge in [-0.1, -0.05) is 30.3 Å². The summed E-state index contributed by atoms with van der Waals surface area (Å²) in [7, 11) is 1.75. The summed E-state index contributed by atoms with van der Waals surface area (Å²) in [6.45, 7) is 3.83. The van der Waals surface area contributed by atoms with E-state index in [1.165, 1.54) is 11.6 Å². The Kier molecular flexibility index (Phi) is 6.16. The number of nitrogens with zero attached hydrogens (tertiary/aromatic N) is 2. The van der Waals surface area contributed by atoms with Gasteiger partial charge < -0.3 is 19.5 Å². The number of urea groups is 1. The van der Waals surface area contributed by atoms with Gasteiger partial charge in [0.25, 0.3) is 5.56 Å². The second-order valence-corrected chi connectivity index (χ2v) is 7.00. The lowest BCUT2D eigenvalue weighted by Crippen LogP contribution is -2.46. The predicted octanol–water partition coefficient (Wildman–Crippen LogP) is 2.49. The molecule has 1 N–H and O–H groups in total. The average molecular weight is 369 g/mol. The van der Waals surface area contributed by atoms with Gasteiger partial charge in [0, 0.05) is 51.3 Å². The summed E-state index contributed by atoms with van der Waals surface area (Å²) in [4.78, 5) is 26.0. The number of amides is 2. The molecule has 0 bridgehead atoms. The van der Waals surface area contributed by atoms with Gasteiger partial charge in [-0.2, -0.15) is 0 Å². The molecule has 0 unspecified atom stereocenters. The first kappa shape index (κ1) is 19.0. The average Bonchev–Trinajstić information content (AvgIpc) is 2.67. The van der Waals surface area contributed by atoms with Crippen molar-refractivity contribution in [1.82, 2.24) is 14.8 Å². The van der Waals surface area contributed by atoms with Gasteiger partial charge in [-0.25, -0.2) is 4.79 Å². The minimum absolute atomic E-state index is 0.0196. The van der Waals surface area contributed by atoms with Crippen LogP contribution in [0, 0.1) is 6.92 Å². The molecular weight excluding hydrogens is 342 g/mol. The molecular formula is C21H27N3O3. The highest BCUT2D eigenvalue weighted by Crippen LogP contribution is 2.18. The quantitative estimate of drug-likeness (QED) is 0.881. The van der Waals surface area contributed by atoms with Crippen LogP contribution >= 0.6 is 0 Å². The highest BCUT2D eigenvalue weighted by Gasteiger charge is 2.24. The van der Waals surface area contributed by atoms with Crippen LogP contribution in [0.3, 0.4) is 0 Å². The van der Waals surface area contributed by atoms with Crippen LogP contribution in [0.1, 0.15) is 24.1 Å². The topological polar surface area (TPSA) is 63.6 Å². The molecule has 1 aliphatic rings. The van der Waals surface area contributed by atoms with Gasteiger partial charge in [-0.15, -0.1) is 0 Å². The number of rotatable bonds is 5. The molecule has 6 nitrogen and oxygen atoms in total. The van der Waals surface area contributed by atoms with Crippen molar-refractivity contribution in [3.63, 3.8) is 0 Å². The van der Waals surface area contributed by atoms with Gasteiger partial charge in [0.1, 0.15) is 11.9 Å². The fourth-order valence-electron chi connectivity index (χ4n) is 3.24. The number of aryl methyl sites for hydroxylation is 1. The lowest BCUT2D eigenvalue weighted by atomic mass is 10.1. The molecule has 0 radical (unpaired) electrons. The molecule has 144 valence electrons. The van der Waals surface area contributed by atoms with Crippen LogP contribution in [-0.4, -0.2) is 41.2 Å². The molecule has 2 aromatic rings. The van der Waals surface area contributed by atoms with Gasteiger partial charge >= 0.3 is 6.03 Å². The third kappa shape index (κ3) is 5.12. The SMILES string of the molecule is Cc1cc(OC2CCN(C(=O)NCCc3ccccc3)CC2)cc(=O)n1C. The van der Waals surface area contributed by atoms with E-state index in [-0.39, 0.29) is 17.7 Å². The minimum atomic E-state index is -0.0692. The molecule has 2 heterocycles. The van der Waals surface area contributed by atoms with Crippen molar-refractivity contribution in [1.29, 1.82) is 0 Å². The molecule has 1 saturated heterocycles. The van der Waals surface area contributed by atoms with Crippen molar-refractivity contribution in [3.8, 4) is 5.75 Å². The molecule has 1 aliphatic heterocycles. The number of aromatic nitrogens is 1. The van der Waals surface area contributed by atoms with E-state index in [1.54, 1.807) is 11.6 Å². The summed E-state index contributed by atoms with van der Waals surface area (Å²) < 4.78 is 7.56. The summed E-state index contributed by atoms with van der Waals surface area (Å²) in [6, 6.07) is 13.5. The number of ether oxygens (including phenoxy) is 1. The number of piperidine rings is 1. The number of hydrogen-bond donors (Lipinski definition) is 1. The Hall–Kier alpha value is -2.76. The first-order chi connectivity index (χ1) is 13.0. The van der Waals surface area contributed by atoms with Crippen molar-refractivity contribution < 1.29 is 9.53 Å². The Morgan fingerprint density at radius 2 is 1.89 bits per heavy atom. The van der Waals surface area contributed by atoms with E-state index in [9.17, 15) is 9.59 Å². The number of carbonyl (C=O) groups is 1. The second kappa shape index (κ2) is 8.75. The highest BCUT2D eigenvalue weighted by atomic mass is 16.5. The lowest BCUT2D eigenvalue weighted by molar-refractivity contribution is 0.111. The number of likely N-dealkylation sites (tertiary alicyclic amines) is 1. The first-order valence-corrected chi connectivity index (χ1v) is 9.44. The van der Waals surface area contributed by atoms with Gasteiger partial charge in [-0.3, -0.25) is 4.79 Å². The van der Waals surface area contributed by atoms with Crippen LogP contribution in [-0.2, 0) is 13.5 Å². The zero-order chi connectivity index (χ0) is 19.2. The molecule has 2 amide bonds. The molecule has 3 rings (SSSR count). The van der Waals surface area contributed by atoms with E-state index < -0.39 is 0 Å². The molecule has 6 heteroatoms. The number of carbonyl (C=O) groups excluding carboxylic acids is 1. The van der Waals surface area contributed by atoms with Crippen molar-refractivity contribution in [3.05, 3.63) is 64.1 Å². The zero-order valence-electron chi connectivity index (χ0n) is 16.0. The maximum absolute atomic E-state index is 12.3. The number of hydrogen-bond acceptors (Lipinski definition) is 3. The van der Waals surface area contributed by atoms with Crippen molar-refractivity contribution in [2.45, 2.75) is 32.3 Å². The third-order valence-electron chi connectivity index (χ3n) is 5.04. The maximum atomic E-state index is 12.3. The molecule has 1 aromatic heterocycles. The van der Waals surface area contributed by atoms with Crippen LogP contribution < -0.4 is 15.6 Å². The smallest absolute Gasteiger partial charge is 0.317 e.